The summed E-state index contributed by atoms with van der Waals surface area (Å²) in [5, 5.41) is 11.6. The fourth-order valence-electron chi connectivity index (χ4n) is 2.00. The summed E-state index contributed by atoms with van der Waals surface area (Å²) in [5.74, 6) is 0.462. The quantitative estimate of drug-likeness (QED) is 0.660. The van der Waals surface area contributed by atoms with Crippen LogP contribution in [-0.4, -0.2) is 22.5 Å². The van der Waals surface area contributed by atoms with Crippen LogP contribution in [0.5, 0.6) is 0 Å². The number of thioether (sulfide) groups is 1. The Balaban J connectivity index is 1.66. The van der Waals surface area contributed by atoms with E-state index in [1.807, 2.05) is 12.1 Å². The van der Waals surface area contributed by atoms with Crippen molar-refractivity contribution < 1.29 is 9.21 Å². The summed E-state index contributed by atoms with van der Waals surface area (Å²) >= 11 is 13.5. The number of hydrogen-bond acceptors (Lipinski definition) is 5. The normalized spacial score (nSPS) is 19.7. The lowest BCUT2D eigenvalue weighted by Gasteiger charge is -2.08. The minimum atomic E-state index is -0.316. The van der Waals surface area contributed by atoms with Crippen LogP contribution in [0.25, 0.3) is 0 Å². The van der Waals surface area contributed by atoms with Gasteiger partial charge in [-0.3, -0.25) is 4.79 Å². The van der Waals surface area contributed by atoms with Crippen molar-refractivity contribution in [3.63, 3.8) is 0 Å². The topological polar surface area (TPSA) is 67.0 Å². The summed E-state index contributed by atoms with van der Waals surface area (Å²) in [6.07, 6.45) is 3.49. The lowest BCUT2D eigenvalue weighted by atomic mass is 10.1. The molecule has 8 heteroatoms. The Bertz CT molecular complexity index is 775. The Morgan fingerprint density at radius 1 is 1.30 bits per heavy atom. The number of carbonyl (C=O) groups excluding carboxylic acids is 1. The first-order valence-electron chi connectivity index (χ1n) is 6.68. The van der Waals surface area contributed by atoms with Gasteiger partial charge in [-0.2, -0.15) is 5.10 Å². The predicted molar refractivity (Wildman–Crippen MR) is 93.4 cm³/mol. The van der Waals surface area contributed by atoms with Crippen molar-refractivity contribution in [1.82, 2.24) is 5.32 Å². The zero-order valence-corrected chi connectivity index (χ0v) is 14.0. The number of rotatable bonds is 4. The smallest absolute Gasteiger partial charge is 0.239 e. The molecule has 1 N–H and O–H groups in total. The zero-order chi connectivity index (χ0) is 16.2. The standard InChI is InChI=1S/C15H11Cl2N3O2S/c16-11-5-1-3-9(13(11)17)7-12-14(21)19-15(23-12)20-18-8-10-4-2-6-22-10/h1-6,8,12H,7H2,(H,19,20,21)/t12-/m1/s1. The van der Waals surface area contributed by atoms with Gasteiger partial charge in [0.1, 0.15) is 5.76 Å². The van der Waals surface area contributed by atoms with Crippen LogP contribution in [0.3, 0.4) is 0 Å². The van der Waals surface area contributed by atoms with Gasteiger partial charge >= 0.3 is 0 Å². The van der Waals surface area contributed by atoms with E-state index in [1.54, 1.807) is 24.5 Å². The molecule has 1 aliphatic rings. The monoisotopic (exact) mass is 367 g/mol. The van der Waals surface area contributed by atoms with Crippen LogP contribution in [0.4, 0.5) is 0 Å². The van der Waals surface area contributed by atoms with Gasteiger partial charge < -0.3 is 9.73 Å². The fraction of sp³-hybridized carbons (Fsp3) is 0.133. The SMILES string of the molecule is O=C1N/C(=N\N=Cc2ccco2)S[C@@H]1Cc1cccc(Cl)c1Cl. The summed E-state index contributed by atoms with van der Waals surface area (Å²) in [4.78, 5) is 12.0. The third-order valence-electron chi connectivity index (χ3n) is 3.09. The third kappa shape index (κ3) is 3.96. The van der Waals surface area contributed by atoms with Crippen molar-refractivity contribution >= 4 is 52.3 Å². The molecule has 0 radical (unpaired) electrons. The van der Waals surface area contributed by atoms with Crippen LogP contribution in [0.2, 0.25) is 10.0 Å². The first-order valence-corrected chi connectivity index (χ1v) is 8.32. The van der Waals surface area contributed by atoms with Gasteiger partial charge in [0, 0.05) is 0 Å². The molecule has 23 heavy (non-hydrogen) atoms. The Morgan fingerprint density at radius 2 is 2.17 bits per heavy atom. The average molecular weight is 368 g/mol. The molecule has 1 amide bonds. The lowest BCUT2D eigenvalue weighted by molar-refractivity contribution is -0.118. The Kier molecular flexibility index (Phi) is 5.05. The second-order valence-electron chi connectivity index (χ2n) is 4.68. The van der Waals surface area contributed by atoms with Crippen molar-refractivity contribution in [2.75, 3.05) is 0 Å². The molecule has 2 aromatic rings. The molecule has 0 spiro atoms. The maximum absolute atomic E-state index is 12.0. The number of amides is 1. The van der Waals surface area contributed by atoms with Gasteiger partial charge in [-0.15, -0.1) is 5.10 Å². The molecule has 5 nitrogen and oxygen atoms in total. The lowest BCUT2D eigenvalue weighted by Crippen LogP contribution is -2.26. The van der Waals surface area contributed by atoms with Crippen LogP contribution in [0, 0.1) is 0 Å². The molecule has 3 rings (SSSR count). The molecule has 0 unspecified atom stereocenters. The minimum Gasteiger partial charge on any atom is -0.463 e. The molecule has 1 aromatic heterocycles. The Hall–Kier alpha value is -1.76. The van der Waals surface area contributed by atoms with Gasteiger partial charge in [0.05, 0.1) is 27.8 Å². The number of carbonyl (C=O) groups is 1. The fourth-order valence-corrected chi connectivity index (χ4v) is 3.34. The van der Waals surface area contributed by atoms with Crippen LogP contribution in [0.1, 0.15) is 11.3 Å². The molecule has 1 aliphatic heterocycles. The molecule has 2 heterocycles. The van der Waals surface area contributed by atoms with Crippen LogP contribution in [0.15, 0.2) is 51.2 Å². The van der Waals surface area contributed by atoms with E-state index in [4.69, 9.17) is 27.6 Å². The van der Waals surface area contributed by atoms with Crippen LogP contribution < -0.4 is 5.32 Å². The first kappa shape index (κ1) is 16.1. The number of benzene rings is 1. The molecule has 0 bridgehead atoms. The van der Waals surface area contributed by atoms with Gasteiger partial charge in [0.25, 0.3) is 0 Å². The highest BCUT2D eigenvalue weighted by Gasteiger charge is 2.31. The number of furan rings is 1. The molecule has 1 aromatic carbocycles. The van der Waals surface area contributed by atoms with E-state index in [0.717, 1.165) is 5.56 Å². The molecular formula is C15H11Cl2N3O2S. The summed E-state index contributed by atoms with van der Waals surface area (Å²) in [6.45, 7) is 0. The van der Waals surface area contributed by atoms with Gasteiger partial charge in [-0.05, 0) is 30.2 Å². The molecule has 0 aliphatic carbocycles. The number of nitrogens with one attached hydrogen (secondary N) is 1. The van der Waals surface area contributed by atoms with Crippen molar-refractivity contribution in [2.24, 2.45) is 10.2 Å². The molecule has 1 atom stereocenters. The van der Waals surface area contributed by atoms with Crippen molar-refractivity contribution in [2.45, 2.75) is 11.7 Å². The molecule has 118 valence electrons. The summed E-state index contributed by atoms with van der Waals surface area (Å²) in [5.41, 5.74) is 0.826. The van der Waals surface area contributed by atoms with Crippen molar-refractivity contribution in [1.29, 1.82) is 0 Å². The second kappa shape index (κ2) is 7.21. The Morgan fingerprint density at radius 3 is 2.96 bits per heavy atom. The average Bonchev–Trinajstić information content (AvgIpc) is 3.15. The first-order chi connectivity index (χ1) is 11.1. The van der Waals surface area contributed by atoms with Crippen LogP contribution >= 0.6 is 35.0 Å². The van der Waals surface area contributed by atoms with E-state index < -0.39 is 0 Å². The highest BCUT2D eigenvalue weighted by Crippen LogP contribution is 2.30. The maximum Gasteiger partial charge on any atom is 0.239 e. The largest absolute Gasteiger partial charge is 0.463 e. The molecule has 1 fully saturated rings. The maximum atomic E-state index is 12.0. The van der Waals surface area contributed by atoms with E-state index in [2.05, 4.69) is 15.5 Å². The number of halogens is 2. The van der Waals surface area contributed by atoms with Crippen molar-refractivity contribution in [3.05, 3.63) is 58.0 Å². The van der Waals surface area contributed by atoms with E-state index in [0.29, 0.717) is 27.4 Å². The zero-order valence-electron chi connectivity index (χ0n) is 11.7. The molecular weight excluding hydrogens is 357 g/mol. The van der Waals surface area contributed by atoms with E-state index in [1.165, 1.54) is 18.0 Å². The highest BCUT2D eigenvalue weighted by atomic mass is 35.5. The van der Waals surface area contributed by atoms with Gasteiger partial charge in [0.2, 0.25) is 5.91 Å². The highest BCUT2D eigenvalue weighted by molar-refractivity contribution is 8.15. The third-order valence-corrected chi connectivity index (χ3v) is 5.02. The van der Waals surface area contributed by atoms with Gasteiger partial charge in [-0.1, -0.05) is 47.1 Å². The van der Waals surface area contributed by atoms with E-state index in [9.17, 15) is 4.79 Å². The van der Waals surface area contributed by atoms with Crippen molar-refractivity contribution in [3.8, 4) is 0 Å². The second-order valence-corrected chi connectivity index (χ2v) is 6.65. The summed E-state index contributed by atoms with van der Waals surface area (Å²) < 4.78 is 5.10. The number of amidine groups is 1. The van der Waals surface area contributed by atoms with E-state index in [-0.39, 0.29) is 11.2 Å². The van der Waals surface area contributed by atoms with Gasteiger partial charge in [0.15, 0.2) is 5.17 Å². The number of hydrogen-bond donors (Lipinski definition) is 1. The number of nitrogens with zero attached hydrogens (tertiary/aromatic N) is 2. The Labute approximate surface area is 146 Å². The molecule has 0 saturated carbocycles. The van der Waals surface area contributed by atoms with Gasteiger partial charge in [-0.25, -0.2) is 0 Å². The van der Waals surface area contributed by atoms with Crippen LogP contribution in [-0.2, 0) is 11.2 Å². The van der Waals surface area contributed by atoms with E-state index >= 15 is 0 Å². The summed E-state index contributed by atoms with van der Waals surface area (Å²) in [6, 6.07) is 8.89. The minimum absolute atomic E-state index is 0.127. The summed E-state index contributed by atoms with van der Waals surface area (Å²) in [7, 11) is 0. The predicted octanol–water partition coefficient (Wildman–Crippen LogP) is 3.75. The molecule has 1 saturated heterocycles.